The van der Waals surface area contributed by atoms with Gasteiger partial charge in [-0.05, 0) is 55.7 Å². The molecular formula is C28H29Cl3N2O2. The average molecular weight is 532 g/mol. The molecule has 0 aliphatic carbocycles. The van der Waals surface area contributed by atoms with Crippen LogP contribution in [0.2, 0.25) is 15.1 Å². The Kier molecular flexibility index (Phi) is 9.23. The number of nitrogens with one attached hydrogen (secondary N) is 1. The van der Waals surface area contributed by atoms with Gasteiger partial charge in [-0.3, -0.25) is 9.59 Å². The van der Waals surface area contributed by atoms with Gasteiger partial charge in [-0.2, -0.15) is 0 Å². The number of nitrogens with zero attached hydrogens (tertiary/aromatic N) is 1. The minimum atomic E-state index is -0.776. The molecule has 3 aromatic rings. The van der Waals surface area contributed by atoms with Gasteiger partial charge < -0.3 is 10.2 Å². The van der Waals surface area contributed by atoms with E-state index in [0.29, 0.717) is 27.1 Å². The van der Waals surface area contributed by atoms with Crippen LogP contribution in [0.5, 0.6) is 0 Å². The highest BCUT2D eigenvalue weighted by atomic mass is 35.5. The second-order valence-corrected chi connectivity index (χ2v) is 10.7. The highest BCUT2D eigenvalue weighted by molar-refractivity contribution is 6.36. The van der Waals surface area contributed by atoms with Gasteiger partial charge in [0.15, 0.2) is 0 Å². The summed E-state index contributed by atoms with van der Waals surface area (Å²) >= 11 is 19.2. The Hall–Kier alpha value is -2.53. The molecule has 0 saturated heterocycles. The van der Waals surface area contributed by atoms with E-state index in [0.717, 1.165) is 11.1 Å². The number of amides is 2. The van der Waals surface area contributed by atoms with E-state index in [1.165, 1.54) is 0 Å². The van der Waals surface area contributed by atoms with Crippen molar-refractivity contribution in [3.63, 3.8) is 0 Å². The molecule has 2 amide bonds. The first-order chi connectivity index (χ1) is 16.5. The van der Waals surface area contributed by atoms with Crippen molar-refractivity contribution >= 4 is 46.6 Å². The standard InChI is InChI=1S/C28H29Cl3N2O2/c1-28(2,3)32-27(35)25(16-19-10-5-4-6-11-19)33(18-20-12-7-8-13-22(20)29)26(34)17-21-23(30)14-9-15-24(21)31/h4-15,25H,16-18H2,1-3H3,(H,32,35). The second kappa shape index (κ2) is 11.9. The van der Waals surface area contributed by atoms with Gasteiger partial charge in [0.25, 0.3) is 0 Å². The minimum absolute atomic E-state index is 0.0446. The van der Waals surface area contributed by atoms with E-state index >= 15 is 0 Å². The highest BCUT2D eigenvalue weighted by Crippen LogP contribution is 2.27. The van der Waals surface area contributed by atoms with Gasteiger partial charge in [0.1, 0.15) is 6.04 Å². The third kappa shape index (κ3) is 7.73. The SMILES string of the molecule is CC(C)(C)NC(=O)C(Cc1ccccc1)N(Cc1ccccc1Cl)C(=O)Cc1c(Cl)cccc1Cl. The van der Waals surface area contributed by atoms with Crippen LogP contribution in [0, 0.1) is 0 Å². The lowest BCUT2D eigenvalue weighted by Gasteiger charge is -2.34. The molecule has 0 spiro atoms. The van der Waals surface area contributed by atoms with Crippen LogP contribution in [-0.2, 0) is 29.0 Å². The van der Waals surface area contributed by atoms with Gasteiger partial charge in [-0.15, -0.1) is 0 Å². The maximum absolute atomic E-state index is 13.8. The third-order valence-corrected chi connectivity index (χ3v) is 6.53. The fourth-order valence-electron chi connectivity index (χ4n) is 3.77. The third-order valence-electron chi connectivity index (χ3n) is 5.46. The van der Waals surface area contributed by atoms with Crippen LogP contribution >= 0.6 is 34.8 Å². The molecule has 1 atom stereocenters. The van der Waals surface area contributed by atoms with Crippen molar-refractivity contribution in [2.75, 3.05) is 0 Å². The fraction of sp³-hybridized carbons (Fsp3) is 0.286. The predicted octanol–water partition coefficient (Wildman–Crippen LogP) is 6.74. The van der Waals surface area contributed by atoms with Crippen molar-refractivity contribution in [2.24, 2.45) is 0 Å². The Morgan fingerprint density at radius 3 is 2.00 bits per heavy atom. The van der Waals surface area contributed by atoms with Crippen molar-refractivity contribution in [1.82, 2.24) is 10.2 Å². The van der Waals surface area contributed by atoms with E-state index in [4.69, 9.17) is 34.8 Å². The Bertz CT molecular complexity index is 1160. The lowest BCUT2D eigenvalue weighted by molar-refractivity contribution is -0.141. The van der Waals surface area contributed by atoms with Crippen molar-refractivity contribution in [3.05, 3.63) is 105 Å². The maximum Gasteiger partial charge on any atom is 0.243 e. The van der Waals surface area contributed by atoms with Crippen LogP contribution in [0.4, 0.5) is 0 Å². The molecule has 3 rings (SSSR count). The molecule has 0 saturated carbocycles. The first kappa shape index (κ1) is 27.1. The molecule has 0 fully saturated rings. The number of benzene rings is 3. The fourth-order valence-corrected chi connectivity index (χ4v) is 4.50. The number of rotatable bonds is 8. The van der Waals surface area contributed by atoms with E-state index in [1.54, 1.807) is 29.2 Å². The van der Waals surface area contributed by atoms with Gasteiger partial charge in [0.2, 0.25) is 11.8 Å². The van der Waals surface area contributed by atoms with Crippen LogP contribution in [0.25, 0.3) is 0 Å². The van der Waals surface area contributed by atoms with Gasteiger partial charge in [-0.25, -0.2) is 0 Å². The van der Waals surface area contributed by atoms with Crippen LogP contribution in [0.15, 0.2) is 72.8 Å². The van der Waals surface area contributed by atoms with Crippen LogP contribution in [0.3, 0.4) is 0 Å². The molecule has 35 heavy (non-hydrogen) atoms. The van der Waals surface area contributed by atoms with Gasteiger partial charge in [-0.1, -0.05) is 89.4 Å². The largest absolute Gasteiger partial charge is 0.350 e. The molecule has 0 aromatic heterocycles. The topological polar surface area (TPSA) is 49.4 Å². The number of carbonyl (C=O) groups is 2. The summed E-state index contributed by atoms with van der Waals surface area (Å²) in [5.41, 5.74) is 1.74. The van der Waals surface area contributed by atoms with Crippen molar-refractivity contribution < 1.29 is 9.59 Å². The molecule has 4 nitrogen and oxygen atoms in total. The highest BCUT2D eigenvalue weighted by Gasteiger charge is 2.33. The smallest absolute Gasteiger partial charge is 0.243 e. The lowest BCUT2D eigenvalue weighted by Crippen LogP contribution is -2.54. The summed E-state index contributed by atoms with van der Waals surface area (Å²) in [6.45, 7) is 5.90. The number of halogens is 3. The summed E-state index contributed by atoms with van der Waals surface area (Å²) in [4.78, 5) is 29.0. The molecule has 0 radical (unpaired) electrons. The average Bonchev–Trinajstić information content (AvgIpc) is 2.79. The molecule has 1 N–H and O–H groups in total. The molecule has 3 aromatic carbocycles. The summed E-state index contributed by atoms with van der Waals surface area (Å²) in [6, 6.07) is 21.3. The van der Waals surface area contributed by atoms with Gasteiger partial charge in [0, 0.05) is 33.6 Å². The van der Waals surface area contributed by atoms with Gasteiger partial charge >= 0.3 is 0 Å². The van der Waals surface area contributed by atoms with Crippen LogP contribution in [0.1, 0.15) is 37.5 Å². The number of hydrogen-bond acceptors (Lipinski definition) is 2. The minimum Gasteiger partial charge on any atom is -0.350 e. The quantitative estimate of drug-likeness (QED) is 0.350. The van der Waals surface area contributed by atoms with E-state index in [1.807, 2.05) is 69.3 Å². The van der Waals surface area contributed by atoms with E-state index < -0.39 is 11.6 Å². The molecule has 0 heterocycles. The van der Waals surface area contributed by atoms with Crippen molar-refractivity contribution in [2.45, 2.75) is 51.7 Å². The normalized spacial score (nSPS) is 12.2. The summed E-state index contributed by atoms with van der Waals surface area (Å²) in [7, 11) is 0. The zero-order chi connectivity index (χ0) is 25.6. The Morgan fingerprint density at radius 1 is 0.829 bits per heavy atom. The van der Waals surface area contributed by atoms with E-state index in [-0.39, 0.29) is 24.8 Å². The Labute approximate surface area is 222 Å². The first-order valence-electron chi connectivity index (χ1n) is 11.4. The van der Waals surface area contributed by atoms with Crippen molar-refractivity contribution in [1.29, 1.82) is 0 Å². The molecule has 1 unspecified atom stereocenters. The number of carbonyl (C=O) groups excluding carboxylic acids is 2. The molecule has 0 aliphatic heterocycles. The monoisotopic (exact) mass is 530 g/mol. The van der Waals surface area contributed by atoms with Crippen LogP contribution < -0.4 is 5.32 Å². The molecule has 0 aliphatic rings. The summed E-state index contributed by atoms with van der Waals surface area (Å²) in [6.07, 6.45) is 0.298. The molecule has 184 valence electrons. The van der Waals surface area contributed by atoms with Gasteiger partial charge in [0.05, 0.1) is 6.42 Å². The second-order valence-electron chi connectivity index (χ2n) is 9.43. The maximum atomic E-state index is 13.8. The van der Waals surface area contributed by atoms with Crippen molar-refractivity contribution in [3.8, 4) is 0 Å². The van der Waals surface area contributed by atoms with E-state index in [2.05, 4.69) is 5.32 Å². The Balaban J connectivity index is 2.04. The summed E-state index contributed by atoms with van der Waals surface area (Å²) < 4.78 is 0. The lowest BCUT2D eigenvalue weighted by atomic mass is 9.99. The molecule has 0 bridgehead atoms. The first-order valence-corrected chi connectivity index (χ1v) is 12.5. The molecular weight excluding hydrogens is 503 g/mol. The number of hydrogen-bond donors (Lipinski definition) is 1. The zero-order valence-corrected chi connectivity index (χ0v) is 22.3. The zero-order valence-electron chi connectivity index (χ0n) is 20.0. The summed E-state index contributed by atoms with van der Waals surface area (Å²) in [5.74, 6) is -0.517. The predicted molar refractivity (Wildman–Crippen MR) is 144 cm³/mol. The van der Waals surface area contributed by atoms with Crippen LogP contribution in [-0.4, -0.2) is 28.3 Å². The Morgan fingerprint density at radius 2 is 1.40 bits per heavy atom. The summed E-state index contributed by atoms with van der Waals surface area (Å²) in [5, 5.41) is 4.38. The van der Waals surface area contributed by atoms with E-state index in [9.17, 15) is 9.59 Å². The molecule has 7 heteroatoms.